The van der Waals surface area contributed by atoms with Crippen molar-refractivity contribution in [3.63, 3.8) is 0 Å². The molecular formula is C23H39NO2. The molecule has 2 fully saturated rings. The number of carbonyl (C=O) groups excluding carboxylic acids is 1. The number of unbranched alkanes of at least 4 members (excludes halogenated alkanes) is 5. The Bertz CT molecular complexity index is 471. The Balaban J connectivity index is 1.82. The van der Waals surface area contributed by atoms with Gasteiger partial charge in [0.15, 0.2) is 0 Å². The van der Waals surface area contributed by atoms with Gasteiger partial charge in [0, 0.05) is 25.0 Å². The van der Waals surface area contributed by atoms with Crippen LogP contribution in [0.4, 0.5) is 0 Å². The second-order valence-corrected chi connectivity index (χ2v) is 8.08. The summed E-state index contributed by atoms with van der Waals surface area (Å²) in [4.78, 5) is 14.0. The van der Waals surface area contributed by atoms with E-state index in [1.165, 1.54) is 64.7 Å². The summed E-state index contributed by atoms with van der Waals surface area (Å²) in [5, 5.41) is 0. The van der Waals surface area contributed by atoms with Crippen molar-refractivity contribution < 1.29 is 9.53 Å². The normalized spacial score (nSPS) is 30.0. The lowest BCUT2D eigenvalue weighted by molar-refractivity contribution is -0.155. The fourth-order valence-electron chi connectivity index (χ4n) is 4.65. The lowest BCUT2D eigenvalue weighted by Gasteiger charge is -2.50. The Kier molecular flexibility index (Phi) is 9.45. The van der Waals surface area contributed by atoms with Gasteiger partial charge in [-0.15, -0.1) is 0 Å². The highest BCUT2D eigenvalue weighted by Gasteiger charge is 2.40. The minimum Gasteiger partial charge on any atom is -0.461 e. The molecule has 3 heteroatoms. The highest BCUT2D eigenvalue weighted by atomic mass is 16.5. The molecule has 2 saturated heterocycles. The lowest BCUT2D eigenvalue weighted by Crippen LogP contribution is -2.58. The summed E-state index contributed by atoms with van der Waals surface area (Å²) >= 11 is 0. The summed E-state index contributed by atoms with van der Waals surface area (Å²) in [6.07, 6.45) is 23.1. The van der Waals surface area contributed by atoms with E-state index >= 15 is 0 Å². The fraction of sp³-hybridized carbons (Fsp3) is 0.783. The van der Waals surface area contributed by atoms with Crippen molar-refractivity contribution in [2.24, 2.45) is 0 Å². The van der Waals surface area contributed by atoms with E-state index < -0.39 is 0 Å². The molecule has 4 atom stereocenters. The van der Waals surface area contributed by atoms with Gasteiger partial charge in [-0.1, -0.05) is 63.3 Å². The number of hydrogen-bond donors (Lipinski definition) is 0. The minimum absolute atomic E-state index is 0.0522. The number of allylic oxidation sites excluding steroid dienone is 3. The second kappa shape index (κ2) is 11.6. The molecule has 0 saturated carbocycles. The first-order valence-electron chi connectivity index (χ1n) is 10.9. The maximum Gasteiger partial charge on any atom is 0.302 e. The van der Waals surface area contributed by atoms with Crippen molar-refractivity contribution >= 4 is 5.97 Å². The molecule has 0 bridgehead atoms. The summed E-state index contributed by atoms with van der Waals surface area (Å²) in [5.74, 6) is -0.147. The molecular weight excluding hydrogens is 322 g/mol. The summed E-state index contributed by atoms with van der Waals surface area (Å²) in [6, 6.07) is 1.45. The van der Waals surface area contributed by atoms with E-state index in [1.54, 1.807) is 0 Å². The molecule has 0 aliphatic carbocycles. The van der Waals surface area contributed by atoms with Crippen molar-refractivity contribution in [3.8, 4) is 0 Å². The third-order valence-corrected chi connectivity index (χ3v) is 6.01. The first-order chi connectivity index (χ1) is 12.6. The van der Waals surface area contributed by atoms with Crippen LogP contribution >= 0.6 is 0 Å². The molecule has 0 unspecified atom stereocenters. The average Bonchev–Trinajstić information content (AvgIpc) is 2.62. The smallest absolute Gasteiger partial charge is 0.302 e. The predicted molar refractivity (Wildman–Crippen MR) is 109 cm³/mol. The van der Waals surface area contributed by atoms with E-state index in [9.17, 15) is 4.79 Å². The topological polar surface area (TPSA) is 29.5 Å². The number of carbonyl (C=O) groups is 1. The molecule has 2 aliphatic heterocycles. The van der Waals surface area contributed by atoms with Crippen LogP contribution in [0.1, 0.15) is 91.4 Å². The number of ether oxygens (including phenoxy) is 1. The molecule has 0 amide bonds. The van der Waals surface area contributed by atoms with Crippen molar-refractivity contribution in [1.82, 2.24) is 4.90 Å². The predicted octanol–water partition coefficient (Wildman–Crippen LogP) is 5.80. The van der Waals surface area contributed by atoms with E-state index in [2.05, 4.69) is 43.1 Å². The number of nitrogens with zero attached hydrogens (tertiary/aromatic N) is 1. The molecule has 2 rings (SSSR count). The highest BCUT2D eigenvalue weighted by molar-refractivity contribution is 5.66. The van der Waals surface area contributed by atoms with Crippen molar-refractivity contribution in [1.29, 1.82) is 0 Å². The van der Waals surface area contributed by atoms with Crippen LogP contribution in [0.2, 0.25) is 0 Å². The van der Waals surface area contributed by atoms with Crippen LogP contribution < -0.4 is 0 Å². The Labute approximate surface area is 160 Å². The van der Waals surface area contributed by atoms with Crippen LogP contribution in [0, 0.1) is 0 Å². The number of fused-ring (bicyclic) bond motifs is 1. The fourth-order valence-corrected chi connectivity index (χ4v) is 4.65. The van der Waals surface area contributed by atoms with Gasteiger partial charge in [0.25, 0.3) is 0 Å². The Morgan fingerprint density at radius 1 is 1.08 bits per heavy atom. The molecule has 2 heterocycles. The Hall–Kier alpha value is -1.09. The number of rotatable bonds is 9. The van der Waals surface area contributed by atoms with Crippen LogP contribution in [0.3, 0.4) is 0 Å². The monoisotopic (exact) mass is 361 g/mol. The molecule has 2 aliphatic rings. The van der Waals surface area contributed by atoms with Crippen LogP contribution in [0.5, 0.6) is 0 Å². The van der Waals surface area contributed by atoms with E-state index in [4.69, 9.17) is 4.74 Å². The molecule has 26 heavy (non-hydrogen) atoms. The molecule has 148 valence electrons. The summed E-state index contributed by atoms with van der Waals surface area (Å²) < 4.78 is 5.58. The SMILES string of the molecule is CCCCCCC/C=C\C=C\[C@@H]1CCC[C@H]2CC[C@@H](OC(C)=O)[C@H](C)N21. The molecule has 3 nitrogen and oxygen atoms in total. The van der Waals surface area contributed by atoms with E-state index in [-0.39, 0.29) is 12.1 Å². The van der Waals surface area contributed by atoms with Crippen molar-refractivity contribution in [2.45, 2.75) is 116 Å². The van der Waals surface area contributed by atoms with Gasteiger partial charge < -0.3 is 4.74 Å². The molecule has 0 N–H and O–H groups in total. The zero-order valence-corrected chi connectivity index (χ0v) is 17.2. The first kappa shape index (κ1) is 21.2. The molecule has 0 aromatic heterocycles. The first-order valence-corrected chi connectivity index (χ1v) is 10.9. The zero-order valence-electron chi connectivity index (χ0n) is 17.2. The number of esters is 1. The van der Waals surface area contributed by atoms with Gasteiger partial charge in [-0.25, -0.2) is 0 Å². The maximum absolute atomic E-state index is 11.4. The molecule has 0 spiro atoms. The third-order valence-electron chi connectivity index (χ3n) is 6.01. The quantitative estimate of drug-likeness (QED) is 0.295. The van der Waals surface area contributed by atoms with Gasteiger partial charge in [0.1, 0.15) is 6.10 Å². The summed E-state index contributed by atoms with van der Waals surface area (Å²) in [6.45, 7) is 6.02. The summed E-state index contributed by atoms with van der Waals surface area (Å²) in [7, 11) is 0. The van der Waals surface area contributed by atoms with E-state index in [0.29, 0.717) is 18.1 Å². The van der Waals surface area contributed by atoms with Gasteiger partial charge in [0.2, 0.25) is 0 Å². The average molecular weight is 362 g/mol. The van der Waals surface area contributed by atoms with Gasteiger partial charge in [0.05, 0.1) is 0 Å². The van der Waals surface area contributed by atoms with Crippen LogP contribution in [0.25, 0.3) is 0 Å². The summed E-state index contributed by atoms with van der Waals surface area (Å²) in [5.41, 5.74) is 0. The molecule has 0 aromatic carbocycles. The van der Waals surface area contributed by atoms with E-state index in [0.717, 1.165) is 12.8 Å². The zero-order chi connectivity index (χ0) is 18.8. The van der Waals surface area contributed by atoms with Gasteiger partial charge in [-0.05, 0) is 45.4 Å². The Morgan fingerprint density at radius 3 is 2.65 bits per heavy atom. The highest BCUT2D eigenvalue weighted by Crippen LogP contribution is 2.35. The minimum atomic E-state index is -0.147. The third kappa shape index (κ3) is 6.57. The van der Waals surface area contributed by atoms with Crippen LogP contribution in [-0.2, 0) is 9.53 Å². The Morgan fingerprint density at radius 2 is 1.88 bits per heavy atom. The standard InChI is InChI=1S/C23H39NO2/c1-4-5-6-7-8-9-10-11-12-14-21-15-13-16-22-17-18-23(26-20(3)25)19(2)24(21)22/h10-12,14,19,21-23H,4-9,13,15-18H2,1-3H3/b11-10-,14-12+/t19-,21+,22-,23+/m0/s1. The van der Waals surface area contributed by atoms with Crippen LogP contribution in [-0.4, -0.2) is 35.1 Å². The van der Waals surface area contributed by atoms with Crippen LogP contribution in [0.15, 0.2) is 24.3 Å². The van der Waals surface area contributed by atoms with Crippen molar-refractivity contribution in [3.05, 3.63) is 24.3 Å². The van der Waals surface area contributed by atoms with E-state index in [1.807, 2.05) is 0 Å². The number of hydrogen-bond acceptors (Lipinski definition) is 3. The molecule has 0 aromatic rings. The van der Waals surface area contributed by atoms with Gasteiger partial charge in [-0.3, -0.25) is 9.69 Å². The lowest BCUT2D eigenvalue weighted by atomic mass is 9.84. The van der Waals surface area contributed by atoms with Gasteiger partial charge in [-0.2, -0.15) is 0 Å². The number of piperidine rings is 2. The molecule has 0 radical (unpaired) electrons. The van der Waals surface area contributed by atoms with Crippen molar-refractivity contribution in [2.75, 3.05) is 0 Å². The second-order valence-electron chi connectivity index (χ2n) is 8.08. The van der Waals surface area contributed by atoms with Gasteiger partial charge >= 0.3 is 5.97 Å². The largest absolute Gasteiger partial charge is 0.461 e. The maximum atomic E-state index is 11.4.